The van der Waals surface area contributed by atoms with Crippen LogP contribution < -0.4 is 5.32 Å². The quantitative estimate of drug-likeness (QED) is 0.587. The van der Waals surface area contributed by atoms with Gasteiger partial charge < -0.3 is 15.5 Å². The van der Waals surface area contributed by atoms with E-state index in [2.05, 4.69) is 0 Å². The summed E-state index contributed by atoms with van der Waals surface area (Å²) in [6, 6.07) is -1.16. The van der Waals surface area contributed by atoms with Crippen molar-refractivity contribution < 1.29 is 24.2 Å². The first-order valence-electron chi connectivity index (χ1n) is 4.20. The number of halogens is 1. The number of carboxylic acids is 1. The number of carbonyl (C=O) groups is 2. The van der Waals surface area contributed by atoms with Gasteiger partial charge in [-0.25, -0.2) is 9.18 Å². The molecule has 0 rings (SSSR count). The molecule has 0 heterocycles. The van der Waals surface area contributed by atoms with Crippen molar-refractivity contribution in [1.29, 1.82) is 0 Å². The molecule has 3 N–H and O–H groups in total. The summed E-state index contributed by atoms with van der Waals surface area (Å²) in [5.74, 6) is -2.51. The molecule has 0 aromatic rings. The van der Waals surface area contributed by atoms with E-state index in [9.17, 15) is 14.0 Å². The lowest BCUT2D eigenvalue weighted by Gasteiger charge is -2.16. The van der Waals surface area contributed by atoms with Crippen molar-refractivity contribution in [2.45, 2.75) is 32.7 Å². The number of rotatable bonds is 5. The Morgan fingerprint density at radius 3 is 2.21 bits per heavy atom. The van der Waals surface area contributed by atoms with Gasteiger partial charge in [0, 0.05) is 0 Å². The SMILES string of the molecule is CC(C)CC(NC(=O)C(O)F)C(=O)O. The predicted octanol–water partition coefficient (Wildman–Crippen LogP) is -0.110. The molecule has 0 aromatic heterocycles. The summed E-state index contributed by atoms with van der Waals surface area (Å²) in [7, 11) is 0. The standard InChI is InChI=1S/C8H14FNO4/c1-4(2)3-5(8(13)14)10-7(12)6(9)11/h4-6,11H,3H2,1-2H3,(H,10,12)(H,13,14). The van der Waals surface area contributed by atoms with Crippen LogP contribution in [0, 0.1) is 5.92 Å². The summed E-state index contributed by atoms with van der Waals surface area (Å²) in [4.78, 5) is 21.2. The molecule has 1 amide bonds. The maximum absolute atomic E-state index is 12.0. The summed E-state index contributed by atoms with van der Waals surface area (Å²) in [6.07, 6.45) is -2.49. The molecule has 0 saturated carbocycles. The molecule has 6 heteroatoms. The Morgan fingerprint density at radius 1 is 1.43 bits per heavy atom. The van der Waals surface area contributed by atoms with Crippen LogP contribution in [-0.2, 0) is 9.59 Å². The summed E-state index contributed by atoms with van der Waals surface area (Å²) in [6.45, 7) is 3.54. The number of carbonyl (C=O) groups excluding carboxylic acids is 1. The maximum Gasteiger partial charge on any atom is 0.326 e. The summed E-state index contributed by atoms with van der Waals surface area (Å²) < 4.78 is 12.0. The zero-order valence-electron chi connectivity index (χ0n) is 8.03. The smallest absolute Gasteiger partial charge is 0.326 e. The molecule has 0 saturated heterocycles. The van der Waals surface area contributed by atoms with Crippen LogP contribution in [0.15, 0.2) is 0 Å². The fourth-order valence-electron chi connectivity index (χ4n) is 0.933. The highest BCUT2D eigenvalue weighted by Crippen LogP contribution is 2.05. The molecule has 0 aliphatic rings. The molecular formula is C8H14FNO4. The Kier molecular flexibility index (Phi) is 5.07. The molecule has 5 nitrogen and oxygen atoms in total. The molecule has 82 valence electrons. The van der Waals surface area contributed by atoms with Gasteiger partial charge in [0.2, 0.25) is 0 Å². The van der Waals surface area contributed by atoms with Crippen LogP contribution in [0.1, 0.15) is 20.3 Å². The Morgan fingerprint density at radius 2 is 1.93 bits per heavy atom. The minimum Gasteiger partial charge on any atom is -0.480 e. The summed E-state index contributed by atoms with van der Waals surface area (Å²) in [5, 5.41) is 18.7. The zero-order valence-corrected chi connectivity index (χ0v) is 8.03. The van der Waals surface area contributed by atoms with Crippen molar-refractivity contribution >= 4 is 11.9 Å². The second-order valence-electron chi connectivity index (χ2n) is 3.36. The lowest BCUT2D eigenvalue weighted by atomic mass is 10.0. The molecule has 0 aliphatic carbocycles. The first-order valence-corrected chi connectivity index (χ1v) is 4.20. The van der Waals surface area contributed by atoms with Gasteiger partial charge in [-0.1, -0.05) is 13.8 Å². The van der Waals surface area contributed by atoms with Gasteiger partial charge in [0.25, 0.3) is 12.3 Å². The fraction of sp³-hybridized carbons (Fsp3) is 0.750. The third-order valence-electron chi connectivity index (χ3n) is 1.54. The van der Waals surface area contributed by atoms with Gasteiger partial charge in [0.15, 0.2) is 0 Å². The van der Waals surface area contributed by atoms with E-state index in [0.29, 0.717) is 0 Å². The Labute approximate surface area is 80.9 Å². The van der Waals surface area contributed by atoms with Crippen molar-refractivity contribution in [3.8, 4) is 0 Å². The van der Waals surface area contributed by atoms with Crippen LogP contribution in [0.5, 0.6) is 0 Å². The highest BCUT2D eigenvalue weighted by atomic mass is 19.1. The molecule has 0 aliphatic heterocycles. The van der Waals surface area contributed by atoms with Crippen LogP contribution in [0.25, 0.3) is 0 Å². The van der Waals surface area contributed by atoms with Gasteiger partial charge >= 0.3 is 5.97 Å². The van der Waals surface area contributed by atoms with Crippen molar-refractivity contribution in [3.05, 3.63) is 0 Å². The highest BCUT2D eigenvalue weighted by Gasteiger charge is 2.24. The average Bonchev–Trinajstić information content (AvgIpc) is 2.01. The summed E-state index contributed by atoms with van der Waals surface area (Å²) in [5.41, 5.74) is 0. The number of nitrogens with one attached hydrogen (secondary N) is 1. The minimum absolute atomic E-state index is 0.0492. The lowest BCUT2D eigenvalue weighted by Crippen LogP contribution is -2.45. The molecule has 0 bridgehead atoms. The second-order valence-corrected chi connectivity index (χ2v) is 3.36. The van der Waals surface area contributed by atoms with Crippen LogP contribution in [0.3, 0.4) is 0 Å². The molecule has 0 aromatic carbocycles. The van der Waals surface area contributed by atoms with Gasteiger partial charge in [0.1, 0.15) is 6.04 Å². The van der Waals surface area contributed by atoms with Gasteiger partial charge in [0.05, 0.1) is 0 Å². The average molecular weight is 207 g/mol. The van der Waals surface area contributed by atoms with Crippen molar-refractivity contribution in [3.63, 3.8) is 0 Å². The van der Waals surface area contributed by atoms with E-state index in [1.807, 2.05) is 5.32 Å². The van der Waals surface area contributed by atoms with E-state index >= 15 is 0 Å². The predicted molar refractivity (Wildman–Crippen MR) is 46.1 cm³/mol. The van der Waals surface area contributed by atoms with Crippen LogP contribution in [0.4, 0.5) is 4.39 Å². The van der Waals surface area contributed by atoms with Gasteiger partial charge in [-0.3, -0.25) is 4.79 Å². The molecule has 0 fully saturated rings. The van der Waals surface area contributed by atoms with Crippen molar-refractivity contribution in [1.82, 2.24) is 5.32 Å². The number of aliphatic carboxylic acids is 1. The summed E-state index contributed by atoms with van der Waals surface area (Å²) >= 11 is 0. The maximum atomic E-state index is 12.0. The number of hydrogen-bond acceptors (Lipinski definition) is 3. The second kappa shape index (κ2) is 5.54. The third kappa shape index (κ3) is 4.76. The van der Waals surface area contributed by atoms with Crippen LogP contribution in [-0.4, -0.2) is 34.5 Å². The molecular weight excluding hydrogens is 193 g/mol. The highest BCUT2D eigenvalue weighted by molar-refractivity contribution is 5.85. The van der Waals surface area contributed by atoms with Crippen LogP contribution in [0.2, 0.25) is 0 Å². The molecule has 2 unspecified atom stereocenters. The van der Waals surface area contributed by atoms with E-state index in [-0.39, 0.29) is 12.3 Å². The molecule has 2 atom stereocenters. The number of aliphatic hydroxyl groups excluding tert-OH is 1. The van der Waals surface area contributed by atoms with E-state index in [4.69, 9.17) is 10.2 Å². The number of amides is 1. The molecule has 0 spiro atoms. The Bertz CT molecular complexity index is 217. The van der Waals surface area contributed by atoms with Crippen LogP contribution >= 0.6 is 0 Å². The zero-order chi connectivity index (χ0) is 11.3. The van der Waals surface area contributed by atoms with Gasteiger partial charge in [-0.05, 0) is 12.3 Å². The molecule has 14 heavy (non-hydrogen) atoms. The minimum atomic E-state index is -2.68. The Hall–Kier alpha value is -1.17. The van der Waals surface area contributed by atoms with E-state index < -0.39 is 24.3 Å². The Balaban J connectivity index is 4.23. The molecule has 0 radical (unpaired) electrons. The first kappa shape index (κ1) is 12.8. The topological polar surface area (TPSA) is 86.6 Å². The number of aliphatic hydroxyl groups is 1. The van der Waals surface area contributed by atoms with Crippen molar-refractivity contribution in [2.24, 2.45) is 5.92 Å². The first-order chi connectivity index (χ1) is 6.34. The normalized spacial score (nSPS) is 14.9. The number of carboxylic acid groups (broad SMARTS) is 1. The van der Waals surface area contributed by atoms with Crippen molar-refractivity contribution in [2.75, 3.05) is 0 Å². The van der Waals surface area contributed by atoms with E-state index in [1.165, 1.54) is 0 Å². The largest absolute Gasteiger partial charge is 0.480 e. The lowest BCUT2D eigenvalue weighted by molar-refractivity contribution is -0.146. The number of hydrogen-bond donors (Lipinski definition) is 3. The van der Waals surface area contributed by atoms with E-state index in [0.717, 1.165) is 0 Å². The van der Waals surface area contributed by atoms with Gasteiger partial charge in [-0.15, -0.1) is 0 Å². The monoisotopic (exact) mass is 207 g/mol. The third-order valence-corrected chi connectivity index (χ3v) is 1.54. The van der Waals surface area contributed by atoms with Gasteiger partial charge in [-0.2, -0.15) is 0 Å². The fourth-order valence-corrected chi connectivity index (χ4v) is 0.933. The number of alkyl halides is 1. The van der Waals surface area contributed by atoms with E-state index in [1.54, 1.807) is 13.8 Å².